The lowest BCUT2D eigenvalue weighted by atomic mass is 10.1. The Kier molecular flexibility index (Phi) is 5.29. The number of rotatable bonds is 4. The minimum atomic E-state index is -3.72. The van der Waals surface area contributed by atoms with Crippen molar-refractivity contribution in [1.82, 2.24) is 9.71 Å². The Hall–Kier alpha value is -2.25. The van der Waals surface area contributed by atoms with Gasteiger partial charge >= 0.3 is 0 Å². The summed E-state index contributed by atoms with van der Waals surface area (Å²) >= 11 is 0. The Labute approximate surface area is 148 Å². The number of nitrogens with zero attached hydrogens (tertiary/aromatic N) is 1. The summed E-state index contributed by atoms with van der Waals surface area (Å²) in [6.07, 6.45) is 0. The predicted molar refractivity (Wildman–Crippen MR) is 98.2 cm³/mol. The smallest absolute Gasteiger partial charge is 0.257 e. The minimum absolute atomic E-state index is 0.0513. The summed E-state index contributed by atoms with van der Waals surface area (Å²) < 4.78 is 27.5. The lowest BCUT2D eigenvalue weighted by Crippen LogP contribution is -2.40. The van der Waals surface area contributed by atoms with Gasteiger partial charge in [-0.15, -0.1) is 0 Å². The van der Waals surface area contributed by atoms with E-state index < -0.39 is 21.5 Å². The van der Waals surface area contributed by atoms with Crippen LogP contribution in [0.25, 0.3) is 0 Å². The predicted octanol–water partition coefficient (Wildman–Crippen LogP) is 3.03. The summed E-state index contributed by atoms with van der Waals surface area (Å²) in [6.45, 7) is 8.86. The van der Waals surface area contributed by atoms with Crippen molar-refractivity contribution in [2.75, 3.05) is 5.32 Å². The molecule has 0 fully saturated rings. The van der Waals surface area contributed by atoms with E-state index in [1.165, 1.54) is 12.1 Å². The topological polar surface area (TPSA) is 88.2 Å². The number of nitrogens with one attached hydrogen (secondary N) is 2. The van der Waals surface area contributed by atoms with Crippen LogP contribution in [0.1, 0.15) is 42.4 Å². The average molecular weight is 361 g/mol. The number of carbonyl (C=O) groups is 1. The van der Waals surface area contributed by atoms with Crippen LogP contribution in [-0.2, 0) is 10.0 Å². The van der Waals surface area contributed by atoms with E-state index >= 15 is 0 Å². The molecule has 0 aliphatic carbocycles. The second kappa shape index (κ2) is 6.93. The molecular formula is C18H23N3O3S. The normalized spacial score (nSPS) is 12.0. The number of aromatic nitrogens is 1. The highest BCUT2D eigenvalue weighted by Gasteiger charge is 2.23. The molecule has 0 aliphatic heterocycles. The van der Waals surface area contributed by atoms with Gasteiger partial charge < -0.3 is 5.32 Å². The van der Waals surface area contributed by atoms with Crippen molar-refractivity contribution in [2.24, 2.45) is 0 Å². The highest BCUT2D eigenvalue weighted by molar-refractivity contribution is 7.89. The molecule has 0 atom stereocenters. The highest BCUT2D eigenvalue weighted by atomic mass is 32.2. The van der Waals surface area contributed by atoms with Gasteiger partial charge in [0.1, 0.15) is 5.82 Å². The van der Waals surface area contributed by atoms with Crippen molar-refractivity contribution in [3.63, 3.8) is 0 Å². The number of sulfonamides is 1. The summed E-state index contributed by atoms with van der Waals surface area (Å²) in [5.74, 6) is 0.0221. The van der Waals surface area contributed by atoms with Crippen LogP contribution in [0.5, 0.6) is 0 Å². The number of benzene rings is 1. The zero-order valence-corrected chi connectivity index (χ0v) is 15.9. The fourth-order valence-corrected chi connectivity index (χ4v) is 3.72. The van der Waals surface area contributed by atoms with Crippen molar-refractivity contribution < 1.29 is 13.2 Å². The molecule has 1 aromatic carbocycles. The van der Waals surface area contributed by atoms with Gasteiger partial charge in [0.25, 0.3) is 5.91 Å². The molecular weight excluding hydrogens is 338 g/mol. The van der Waals surface area contributed by atoms with E-state index in [9.17, 15) is 13.2 Å². The number of hydrogen-bond donors (Lipinski definition) is 2. The van der Waals surface area contributed by atoms with Gasteiger partial charge in [-0.05, 0) is 64.4 Å². The molecule has 0 saturated heterocycles. The monoisotopic (exact) mass is 361 g/mol. The third-order valence-electron chi connectivity index (χ3n) is 3.33. The second-order valence-electron chi connectivity index (χ2n) is 6.95. The van der Waals surface area contributed by atoms with Gasteiger partial charge in [0.2, 0.25) is 10.0 Å². The molecule has 2 aromatic rings. The number of carbonyl (C=O) groups excluding carboxylic acids is 1. The van der Waals surface area contributed by atoms with Crippen LogP contribution in [0.4, 0.5) is 5.82 Å². The lowest BCUT2D eigenvalue weighted by Gasteiger charge is -2.20. The zero-order valence-electron chi connectivity index (χ0n) is 15.0. The van der Waals surface area contributed by atoms with Crippen LogP contribution in [0.2, 0.25) is 0 Å². The minimum Gasteiger partial charge on any atom is -0.307 e. The van der Waals surface area contributed by atoms with E-state index in [4.69, 9.17) is 0 Å². The average Bonchev–Trinajstić information content (AvgIpc) is 2.44. The van der Waals surface area contributed by atoms with Crippen molar-refractivity contribution in [3.05, 3.63) is 53.2 Å². The van der Waals surface area contributed by atoms with Gasteiger partial charge in [-0.25, -0.2) is 18.1 Å². The molecule has 0 aliphatic rings. The van der Waals surface area contributed by atoms with E-state index in [0.717, 1.165) is 5.69 Å². The molecule has 25 heavy (non-hydrogen) atoms. The van der Waals surface area contributed by atoms with E-state index in [2.05, 4.69) is 15.0 Å². The SMILES string of the molecule is Cc1cccc(NC(=O)c2cc(S(=O)(=O)NC(C)(C)C)ccc2C)n1. The van der Waals surface area contributed by atoms with E-state index in [0.29, 0.717) is 16.9 Å². The summed E-state index contributed by atoms with van der Waals surface area (Å²) in [5.41, 5.74) is 1.14. The third-order valence-corrected chi connectivity index (χ3v) is 5.09. The molecule has 0 saturated carbocycles. The maximum atomic E-state index is 12.5. The van der Waals surface area contributed by atoms with Gasteiger partial charge in [-0.3, -0.25) is 4.79 Å². The number of pyridine rings is 1. The molecule has 1 aromatic heterocycles. The number of amides is 1. The number of aryl methyl sites for hydroxylation is 2. The van der Waals surface area contributed by atoms with Crippen LogP contribution in [0.3, 0.4) is 0 Å². The molecule has 2 N–H and O–H groups in total. The van der Waals surface area contributed by atoms with E-state index in [1.807, 2.05) is 13.0 Å². The molecule has 0 unspecified atom stereocenters. The fourth-order valence-electron chi connectivity index (χ4n) is 2.27. The van der Waals surface area contributed by atoms with Crippen molar-refractivity contribution in [2.45, 2.75) is 45.1 Å². The highest BCUT2D eigenvalue weighted by Crippen LogP contribution is 2.19. The zero-order chi connectivity index (χ0) is 18.8. The molecule has 2 rings (SSSR count). The van der Waals surface area contributed by atoms with Gasteiger partial charge in [-0.1, -0.05) is 12.1 Å². The first kappa shape index (κ1) is 19.1. The molecule has 6 nitrogen and oxygen atoms in total. The first-order valence-corrected chi connectivity index (χ1v) is 9.36. The fraction of sp³-hybridized carbons (Fsp3) is 0.333. The quantitative estimate of drug-likeness (QED) is 0.876. The standard InChI is InChI=1S/C18H23N3O3S/c1-12-9-10-14(25(23,24)21-18(3,4)5)11-15(12)17(22)20-16-8-6-7-13(2)19-16/h6-11,21H,1-5H3,(H,19,20,22). The first-order chi connectivity index (χ1) is 11.5. The summed E-state index contributed by atoms with van der Waals surface area (Å²) in [5, 5.41) is 2.70. The summed E-state index contributed by atoms with van der Waals surface area (Å²) in [7, 11) is -3.72. The van der Waals surface area contributed by atoms with Crippen LogP contribution < -0.4 is 10.0 Å². The molecule has 134 valence electrons. The molecule has 7 heteroatoms. The molecule has 1 amide bonds. The van der Waals surface area contributed by atoms with Gasteiger partial charge in [0, 0.05) is 16.8 Å². The van der Waals surface area contributed by atoms with Crippen molar-refractivity contribution >= 4 is 21.7 Å². The summed E-state index contributed by atoms with van der Waals surface area (Å²) in [6, 6.07) is 9.79. The maximum absolute atomic E-state index is 12.5. The number of hydrogen-bond acceptors (Lipinski definition) is 4. The molecule has 0 radical (unpaired) electrons. The third kappa shape index (κ3) is 5.11. The largest absolute Gasteiger partial charge is 0.307 e. The Bertz CT molecular complexity index is 900. The molecule has 0 bridgehead atoms. The Balaban J connectivity index is 2.34. The van der Waals surface area contributed by atoms with Gasteiger partial charge in [0.15, 0.2) is 0 Å². The molecule has 0 spiro atoms. The van der Waals surface area contributed by atoms with Crippen LogP contribution in [0, 0.1) is 13.8 Å². The Morgan fingerprint density at radius 2 is 1.76 bits per heavy atom. The van der Waals surface area contributed by atoms with Crippen LogP contribution >= 0.6 is 0 Å². The van der Waals surface area contributed by atoms with E-state index in [1.54, 1.807) is 45.9 Å². The number of anilines is 1. The van der Waals surface area contributed by atoms with Gasteiger partial charge in [-0.2, -0.15) is 0 Å². The second-order valence-corrected chi connectivity index (χ2v) is 8.63. The molecule has 1 heterocycles. The van der Waals surface area contributed by atoms with Crippen molar-refractivity contribution in [3.8, 4) is 0 Å². The van der Waals surface area contributed by atoms with Crippen LogP contribution in [0.15, 0.2) is 41.3 Å². The van der Waals surface area contributed by atoms with E-state index in [-0.39, 0.29) is 4.90 Å². The first-order valence-electron chi connectivity index (χ1n) is 7.87. The Morgan fingerprint density at radius 1 is 1.08 bits per heavy atom. The Morgan fingerprint density at radius 3 is 2.36 bits per heavy atom. The maximum Gasteiger partial charge on any atom is 0.257 e. The van der Waals surface area contributed by atoms with Crippen molar-refractivity contribution in [1.29, 1.82) is 0 Å². The summed E-state index contributed by atoms with van der Waals surface area (Å²) in [4.78, 5) is 16.8. The lowest BCUT2D eigenvalue weighted by molar-refractivity contribution is 0.102. The van der Waals surface area contributed by atoms with Gasteiger partial charge in [0.05, 0.1) is 4.90 Å². The van der Waals surface area contributed by atoms with Crippen LogP contribution in [-0.4, -0.2) is 24.8 Å².